The molecule has 2 heterocycles. The van der Waals surface area contributed by atoms with E-state index < -0.39 is 0 Å². The average molecular weight is 409 g/mol. The minimum absolute atomic E-state index is 0.0452. The van der Waals surface area contributed by atoms with Crippen LogP contribution in [-0.2, 0) is 6.61 Å². The molecule has 1 aliphatic heterocycles. The summed E-state index contributed by atoms with van der Waals surface area (Å²) in [6, 6.07) is 23.1. The smallest absolute Gasteiger partial charge is 0.254 e. The van der Waals surface area contributed by atoms with Gasteiger partial charge in [0.05, 0.1) is 0 Å². The highest BCUT2D eigenvalue weighted by Crippen LogP contribution is 2.21. The summed E-state index contributed by atoms with van der Waals surface area (Å²) in [6.45, 7) is 1.88. The summed E-state index contributed by atoms with van der Waals surface area (Å²) in [5.74, 6) is 6.89. The van der Waals surface area contributed by atoms with Crippen molar-refractivity contribution < 1.29 is 9.53 Å². The molecule has 2 aromatic carbocycles. The molecule has 31 heavy (non-hydrogen) atoms. The summed E-state index contributed by atoms with van der Waals surface area (Å²) < 4.78 is 5.87. The van der Waals surface area contributed by atoms with Crippen LogP contribution < -0.4 is 4.74 Å². The van der Waals surface area contributed by atoms with Gasteiger partial charge in [-0.05, 0) is 60.7 Å². The van der Waals surface area contributed by atoms with E-state index in [0.717, 1.165) is 24.1 Å². The Morgan fingerprint density at radius 1 is 1.00 bits per heavy atom. The standard InChI is InChI=1S/C27H24N2O2/c30-27(24-11-7-14-26(20-24)31-21-23-8-2-1-3-9-23)29-18-15-22(16-19-29)10-6-13-25-12-4-5-17-28-25/h1-5,7-12,14,17,20H,15-16,18-19,21H2. The molecule has 4 heteroatoms. The molecule has 0 N–H and O–H groups in total. The van der Waals surface area contributed by atoms with E-state index in [-0.39, 0.29) is 5.91 Å². The lowest BCUT2D eigenvalue weighted by Gasteiger charge is -2.28. The maximum absolute atomic E-state index is 12.9. The van der Waals surface area contributed by atoms with Gasteiger partial charge in [-0.25, -0.2) is 4.98 Å². The lowest BCUT2D eigenvalue weighted by Crippen LogP contribution is -2.36. The molecule has 0 spiro atoms. The van der Waals surface area contributed by atoms with Crippen molar-refractivity contribution >= 4 is 5.91 Å². The number of ether oxygens (including phenoxy) is 1. The molecule has 154 valence electrons. The maximum atomic E-state index is 12.9. The van der Waals surface area contributed by atoms with Crippen LogP contribution in [0.5, 0.6) is 5.75 Å². The van der Waals surface area contributed by atoms with E-state index in [1.54, 1.807) is 6.20 Å². The van der Waals surface area contributed by atoms with Crippen LogP contribution in [-0.4, -0.2) is 28.9 Å². The first-order valence-electron chi connectivity index (χ1n) is 10.4. The molecule has 4 nitrogen and oxygen atoms in total. The van der Waals surface area contributed by atoms with Gasteiger partial charge < -0.3 is 9.64 Å². The number of hydrogen-bond donors (Lipinski definition) is 0. The molecule has 1 amide bonds. The van der Waals surface area contributed by atoms with Gasteiger partial charge in [-0.2, -0.15) is 0 Å². The minimum atomic E-state index is 0.0452. The molecule has 1 aliphatic rings. The van der Waals surface area contributed by atoms with E-state index in [0.29, 0.717) is 31.0 Å². The van der Waals surface area contributed by atoms with Gasteiger partial charge in [0, 0.05) is 24.8 Å². The van der Waals surface area contributed by atoms with Crippen LogP contribution >= 0.6 is 0 Å². The topological polar surface area (TPSA) is 42.4 Å². The van der Waals surface area contributed by atoms with Gasteiger partial charge in [-0.3, -0.25) is 4.79 Å². The summed E-state index contributed by atoms with van der Waals surface area (Å²) in [5, 5.41) is 0. The molecule has 4 rings (SSSR count). The zero-order valence-electron chi connectivity index (χ0n) is 17.3. The summed E-state index contributed by atoms with van der Waals surface area (Å²) in [7, 11) is 0. The van der Waals surface area contributed by atoms with Crippen LogP contribution in [0.3, 0.4) is 0 Å². The quantitative estimate of drug-likeness (QED) is 0.578. The lowest BCUT2D eigenvalue weighted by atomic mass is 10.0. The highest BCUT2D eigenvalue weighted by atomic mass is 16.5. The Balaban J connectivity index is 1.32. The third-order valence-electron chi connectivity index (χ3n) is 5.16. The van der Waals surface area contributed by atoms with E-state index in [9.17, 15) is 4.79 Å². The van der Waals surface area contributed by atoms with Gasteiger partial charge >= 0.3 is 0 Å². The van der Waals surface area contributed by atoms with E-state index in [4.69, 9.17) is 4.74 Å². The SMILES string of the molecule is O=C(c1cccc(OCc2ccccc2)c1)N1CCC(=CC#Cc2ccccn2)CC1. The normalized spacial score (nSPS) is 13.2. The second-order valence-corrected chi connectivity index (χ2v) is 7.38. The van der Waals surface area contributed by atoms with Crippen LogP contribution in [0.4, 0.5) is 0 Å². The molecule has 0 unspecified atom stereocenters. The summed E-state index contributed by atoms with van der Waals surface area (Å²) >= 11 is 0. The minimum Gasteiger partial charge on any atom is -0.489 e. The van der Waals surface area contributed by atoms with Crippen molar-refractivity contribution in [3.63, 3.8) is 0 Å². The van der Waals surface area contributed by atoms with Crippen LogP contribution in [0.25, 0.3) is 0 Å². The zero-order valence-corrected chi connectivity index (χ0v) is 17.3. The number of aromatic nitrogens is 1. The molecule has 0 atom stereocenters. The van der Waals surface area contributed by atoms with E-state index in [2.05, 4.69) is 16.8 Å². The number of rotatable bonds is 4. The maximum Gasteiger partial charge on any atom is 0.254 e. The first-order valence-corrected chi connectivity index (χ1v) is 10.4. The van der Waals surface area contributed by atoms with E-state index in [1.807, 2.05) is 83.8 Å². The van der Waals surface area contributed by atoms with Crippen molar-refractivity contribution in [2.45, 2.75) is 19.4 Å². The summed E-state index contributed by atoms with van der Waals surface area (Å²) in [4.78, 5) is 19.1. The molecule has 3 aromatic rings. The van der Waals surface area contributed by atoms with Crippen LogP contribution in [0.15, 0.2) is 90.6 Å². The molecule has 1 fully saturated rings. The third kappa shape index (κ3) is 5.83. The van der Waals surface area contributed by atoms with Gasteiger partial charge in [-0.15, -0.1) is 0 Å². The van der Waals surface area contributed by atoms with Gasteiger partial charge in [0.25, 0.3) is 5.91 Å². The Labute approximate surface area is 183 Å². The van der Waals surface area contributed by atoms with E-state index >= 15 is 0 Å². The Morgan fingerprint density at radius 2 is 1.81 bits per heavy atom. The third-order valence-corrected chi connectivity index (χ3v) is 5.16. The van der Waals surface area contributed by atoms with Gasteiger partial charge in [-0.1, -0.05) is 54.0 Å². The second-order valence-electron chi connectivity index (χ2n) is 7.38. The van der Waals surface area contributed by atoms with Gasteiger partial charge in [0.1, 0.15) is 18.1 Å². The fourth-order valence-corrected chi connectivity index (χ4v) is 3.43. The van der Waals surface area contributed by atoms with Crippen molar-refractivity contribution in [3.8, 4) is 17.6 Å². The van der Waals surface area contributed by atoms with Crippen molar-refractivity contribution in [2.24, 2.45) is 0 Å². The number of amides is 1. The molecular formula is C27H24N2O2. The molecule has 0 saturated carbocycles. The first-order chi connectivity index (χ1) is 15.3. The molecule has 0 bridgehead atoms. The number of hydrogen-bond acceptors (Lipinski definition) is 3. The van der Waals surface area contributed by atoms with Crippen molar-refractivity contribution in [1.29, 1.82) is 0 Å². The van der Waals surface area contributed by atoms with Crippen LogP contribution in [0, 0.1) is 11.8 Å². The average Bonchev–Trinajstić information content (AvgIpc) is 2.84. The Morgan fingerprint density at radius 3 is 2.58 bits per heavy atom. The molecule has 1 saturated heterocycles. The molecular weight excluding hydrogens is 384 g/mol. The Kier molecular flexibility index (Phi) is 6.77. The molecule has 1 aromatic heterocycles. The highest BCUT2D eigenvalue weighted by Gasteiger charge is 2.20. The van der Waals surface area contributed by atoms with E-state index in [1.165, 1.54) is 5.57 Å². The number of pyridine rings is 1. The Hall–Kier alpha value is -3.84. The lowest BCUT2D eigenvalue weighted by molar-refractivity contribution is 0.0743. The Bertz CT molecular complexity index is 1100. The number of piperidine rings is 1. The fraction of sp³-hybridized carbons (Fsp3) is 0.185. The zero-order chi connectivity index (χ0) is 21.3. The first kappa shape index (κ1) is 20.4. The number of benzene rings is 2. The second kappa shape index (κ2) is 10.3. The van der Waals surface area contributed by atoms with Crippen molar-refractivity contribution in [2.75, 3.05) is 13.1 Å². The molecule has 0 radical (unpaired) electrons. The number of likely N-dealkylation sites (tertiary alicyclic amines) is 1. The fourth-order valence-electron chi connectivity index (χ4n) is 3.43. The molecule has 0 aliphatic carbocycles. The number of carbonyl (C=O) groups excluding carboxylic acids is 1. The summed E-state index contributed by atoms with van der Waals surface area (Å²) in [6.07, 6.45) is 5.39. The number of allylic oxidation sites excluding steroid dienone is 1. The van der Waals surface area contributed by atoms with Crippen LogP contribution in [0.1, 0.15) is 34.5 Å². The van der Waals surface area contributed by atoms with Gasteiger partial charge in [0.2, 0.25) is 0 Å². The number of nitrogens with zero attached hydrogens (tertiary/aromatic N) is 2. The summed E-state index contributed by atoms with van der Waals surface area (Å²) in [5.41, 5.74) is 3.79. The van der Waals surface area contributed by atoms with Gasteiger partial charge in [0.15, 0.2) is 0 Å². The largest absolute Gasteiger partial charge is 0.489 e. The van der Waals surface area contributed by atoms with Crippen molar-refractivity contribution in [3.05, 3.63) is 107 Å². The highest BCUT2D eigenvalue weighted by molar-refractivity contribution is 5.94. The predicted octanol–water partition coefficient (Wildman–Crippen LogP) is 4.87. The monoisotopic (exact) mass is 408 g/mol. The predicted molar refractivity (Wildman–Crippen MR) is 122 cm³/mol. The van der Waals surface area contributed by atoms with Crippen LogP contribution in [0.2, 0.25) is 0 Å². The number of carbonyl (C=O) groups is 1. The van der Waals surface area contributed by atoms with Crippen molar-refractivity contribution in [1.82, 2.24) is 9.88 Å².